The Morgan fingerprint density at radius 2 is 1.05 bits per heavy atom. The minimum atomic E-state index is -4.72. The van der Waals surface area contributed by atoms with Gasteiger partial charge < -0.3 is 9.47 Å². The van der Waals surface area contributed by atoms with E-state index in [2.05, 4.69) is 0 Å². The van der Waals surface area contributed by atoms with Crippen LogP contribution >= 0.6 is 0 Å². The molecule has 0 aliphatic rings. The number of ether oxygens (including phenoxy) is 2. The summed E-state index contributed by atoms with van der Waals surface area (Å²) < 4.78 is 82.2. The van der Waals surface area contributed by atoms with E-state index in [1.807, 2.05) is 11.8 Å². The van der Waals surface area contributed by atoms with Crippen LogP contribution < -0.4 is 9.47 Å². The average molecular weight is 322 g/mol. The van der Waals surface area contributed by atoms with E-state index in [0.717, 1.165) is 38.2 Å². The summed E-state index contributed by atoms with van der Waals surface area (Å²) in [6.07, 6.45) is -9.43. The lowest BCUT2D eigenvalue weighted by atomic mass is 10.1. The molecule has 1 aromatic carbocycles. The maximum atomic E-state index is 12.1. The molecule has 0 saturated heterocycles. The molecule has 8 heteroatoms. The Morgan fingerprint density at radius 3 is 1.27 bits per heavy atom. The molecule has 0 spiro atoms. The van der Waals surface area contributed by atoms with Crippen molar-refractivity contribution in [3.05, 3.63) is 23.3 Å². The van der Waals surface area contributed by atoms with Crippen LogP contribution in [-0.4, -0.2) is 26.6 Å². The highest BCUT2D eigenvalue weighted by atomic mass is 19.4. The largest absolute Gasteiger partial charge is 0.495 e. The summed E-state index contributed by atoms with van der Waals surface area (Å²) in [6, 6.07) is 2.05. The molecule has 0 N–H and O–H groups in total. The van der Waals surface area contributed by atoms with Gasteiger partial charge in [-0.2, -0.15) is 26.3 Å². The molecule has 0 amide bonds. The molecule has 22 heavy (non-hydrogen) atoms. The number of hydrogen-bond donors (Lipinski definition) is 0. The molecule has 0 unspecified atom stereocenters. The van der Waals surface area contributed by atoms with Gasteiger partial charge in [-0.05, 0) is 0 Å². The SMILES string of the molecule is COc1cc(C#CC(F)(F)F)c(OC)cc1C#CC(F)(F)F. The van der Waals surface area contributed by atoms with Crippen LogP contribution in [0, 0.1) is 23.7 Å². The van der Waals surface area contributed by atoms with E-state index < -0.39 is 12.4 Å². The summed E-state index contributed by atoms with van der Waals surface area (Å²) >= 11 is 0. The number of halogens is 6. The third-order valence-corrected chi connectivity index (χ3v) is 2.20. The van der Waals surface area contributed by atoms with Gasteiger partial charge in [-0.1, -0.05) is 11.8 Å². The van der Waals surface area contributed by atoms with Crippen molar-refractivity contribution in [2.75, 3.05) is 14.2 Å². The van der Waals surface area contributed by atoms with E-state index in [4.69, 9.17) is 9.47 Å². The van der Waals surface area contributed by atoms with Gasteiger partial charge in [0.2, 0.25) is 0 Å². The van der Waals surface area contributed by atoms with Gasteiger partial charge in [0.15, 0.2) is 0 Å². The van der Waals surface area contributed by atoms with Crippen molar-refractivity contribution in [3.8, 4) is 35.2 Å². The van der Waals surface area contributed by atoms with Crippen LogP contribution in [0.25, 0.3) is 0 Å². The summed E-state index contributed by atoms with van der Waals surface area (Å²) in [4.78, 5) is 0. The van der Waals surface area contributed by atoms with Gasteiger partial charge in [-0.3, -0.25) is 0 Å². The second-order valence-corrected chi connectivity index (χ2v) is 3.75. The van der Waals surface area contributed by atoms with Gasteiger partial charge in [0.1, 0.15) is 11.5 Å². The summed E-state index contributed by atoms with van der Waals surface area (Å²) in [7, 11) is 2.28. The van der Waals surface area contributed by atoms with Crippen molar-refractivity contribution in [1.29, 1.82) is 0 Å². The minimum absolute atomic E-state index is 0.149. The first kappa shape index (κ1) is 17.6. The predicted molar refractivity (Wildman–Crippen MR) is 65.4 cm³/mol. The van der Waals surface area contributed by atoms with Gasteiger partial charge in [0, 0.05) is 24.0 Å². The Kier molecular flexibility index (Phi) is 5.21. The first-order chi connectivity index (χ1) is 10.1. The van der Waals surface area contributed by atoms with E-state index in [-0.39, 0.29) is 22.6 Å². The zero-order valence-corrected chi connectivity index (χ0v) is 11.2. The number of alkyl halides is 6. The van der Waals surface area contributed by atoms with Gasteiger partial charge in [-0.15, -0.1) is 0 Å². The monoisotopic (exact) mass is 322 g/mol. The van der Waals surface area contributed by atoms with Crippen LogP contribution in [0.1, 0.15) is 11.1 Å². The number of methoxy groups -OCH3 is 2. The van der Waals surface area contributed by atoms with Crippen LogP contribution in [0.15, 0.2) is 12.1 Å². The Morgan fingerprint density at radius 1 is 0.727 bits per heavy atom. The molecule has 2 nitrogen and oxygen atoms in total. The third kappa shape index (κ3) is 5.49. The van der Waals surface area contributed by atoms with E-state index >= 15 is 0 Å². The fourth-order valence-electron chi connectivity index (χ4n) is 1.37. The molecule has 1 rings (SSSR count). The van der Waals surface area contributed by atoms with Crippen LogP contribution in [0.4, 0.5) is 26.3 Å². The van der Waals surface area contributed by atoms with E-state index in [0.29, 0.717) is 0 Å². The topological polar surface area (TPSA) is 18.5 Å². The van der Waals surface area contributed by atoms with Crippen molar-refractivity contribution in [2.24, 2.45) is 0 Å². The molecule has 0 bridgehead atoms. The maximum Gasteiger partial charge on any atom is 0.458 e. The van der Waals surface area contributed by atoms with Gasteiger partial charge in [-0.25, -0.2) is 0 Å². The second-order valence-electron chi connectivity index (χ2n) is 3.75. The first-order valence-electron chi connectivity index (χ1n) is 5.51. The smallest absolute Gasteiger partial charge is 0.458 e. The summed E-state index contributed by atoms with van der Waals surface area (Å²) in [5, 5.41) is 0. The molecule has 0 heterocycles. The fourth-order valence-corrected chi connectivity index (χ4v) is 1.37. The molecule has 0 radical (unpaired) electrons. The quantitative estimate of drug-likeness (QED) is 0.613. The highest BCUT2D eigenvalue weighted by molar-refractivity contribution is 5.58. The van der Waals surface area contributed by atoms with Crippen LogP contribution in [0.2, 0.25) is 0 Å². The lowest BCUT2D eigenvalue weighted by molar-refractivity contribution is -0.0706. The zero-order valence-electron chi connectivity index (χ0n) is 11.2. The van der Waals surface area contributed by atoms with E-state index in [1.165, 1.54) is 0 Å². The fraction of sp³-hybridized carbons (Fsp3) is 0.286. The molecule has 0 atom stereocenters. The second kappa shape index (κ2) is 6.52. The van der Waals surface area contributed by atoms with E-state index in [9.17, 15) is 26.3 Å². The Bertz CT molecular complexity index is 606. The molecule has 1 aromatic rings. The lowest BCUT2D eigenvalue weighted by Crippen LogP contribution is -2.03. The normalized spacial score (nSPS) is 10.9. The number of rotatable bonds is 2. The van der Waals surface area contributed by atoms with Crippen molar-refractivity contribution in [3.63, 3.8) is 0 Å². The van der Waals surface area contributed by atoms with Crippen LogP contribution in [-0.2, 0) is 0 Å². The Labute approximate surface area is 122 Å². The van der Waals surface area contributed by atoms with Crippen molar-refractivity contribution in [2.45, 2.75) is 12.4 Å². The van der Waals surface area contributed by atoms with Gasteiger partial charge >= 0.3 is 12.4 Å². The standard InChI is InChI=1S/C14H8F6O2/c1-21-11-7-10(4-6-14(18,19)20)12(22-2)8-9(11)3-5-13(15,16)17/h7-8H,1-2H3. The molecule has 0 fully saturated rings. The minimum Gasteiger partial charge on any atom is -0.495 e. The molecule has 118 valence electrons. The first-order valence-corrected chi connectivity index (χ1v) is 5.51. The molecular weight excluding hydrogens is 314 g/mol. The average Bonchev–Trinajstić information content (AvgIpc) is 2.40. The Hall–Kier alpha value is -2.48. The molecule has 0 aliphatic carbocycles. The van der Waals surface area contributed by atoms with Crippen LogP contribution in [0.3, 0.4) is 0 Å². The maximum absolute atomic E-state index is 12.1. The summed E-state index contributed by atoms with van der Waals surface area (Å²) in [5.74, 6) is 5.43. The van der Waals surface area contributed by atoms with Crippen molar-refractivity contribution < 1.29 is 35.8 Å². The van der Waals surface area contributed by atoms with Crippen LogP contribution in [0.5, 0.6) is 11.5 Å². The predicted octanol–water partition coefficient (Wildman–Crippen LogP) is 3.53. The highest BCUT2D eigenvalue weighted by Crippen LogP contribution is 2.28. The number of hydrogen-bond acceptors (Lipinski definition) is 2. The van der Waals surface area contributed by atoms with E-state index in [1.54, 1.807) is 0 Å². The van der Waals surface area contributed by atoms with Gasteiger partial charge in [0.25, 0.3) is 0 Å². The molecule has 0 saturated carbocycles. The molecule has 0 aliphatic heterocycles. The van der Waals surface area contributed by atoms with Gasteiger partial charge in [0.05, 0.1) is 25.3 Å². The van der Waals surface area contributed by atoms with Crippen molar-refractivity contribution in [1.82, 2.24) is 0 Å². The zero-order chi connectivity index (χ0) is 17.0. The Balaban J connectivity index is 3.40. The molecule has 0 aromatic heterocycles. The molecular formula is C14H8F6O2. The lowest BCUT2D eigenvalue weighted by Gasteiger charge is -2.09. The van der Waals surface area contributed by atoms with Crippen molar-refractivity contribution >= 4 is 0 Å². The number of benzene rings is 1. The summed E-state index contributed by atoms with van der Waals surface area (Å²) in [6.45, 7) is 0. The third-order valence-electron chi connectivity index (χ3n) is 2.20. The highest BCUT2D eigenvalue weighted by Gasteiger charge is 2.24. The summed E-state index contributed by atoms with van der Waals surface area (Å²) in [5.41, 5.74) is -0.372.